The summed E-state index contributed by atoms with van der Waals surface area (Å²) in [7, 11) is 0. The van der Waals surface area contributed by atoms with E-state index in [9.17, 15) is 4.79 Å². The predicted molar refractivity (Wildman–Crippen MR) is 71.9 cm³/mol. The molecule has 0 unspecified atom stereocenters. The quantitative estimate of drug-likeness (QED) is 0.686. The first kappa shape index (κ1) is 13.8. The van der Waals surface area contributed by atoms with Crippen LogP contribution in [0.2, 0.25) is 0 Å². The van der Waals surface area contributed by atoms with Gasteiger partial charge in [-0.15, -0.1) is 0 Å². The summed E-state index contributed by atoms with van der Waals surface area (Å²) in [6, 6.07) is 10.3. The molecule has 1 amide bonds. The summed E-state index contributed by atoms with van der Waals surface area (Å²) in [5.41, 5.74) is 1.31. The molecule has 0 aliphatic heterocycles. The van der Waals surface area contributed by atoms with Gasteiger partial charge in [0.2, 0.25) is 5.91 Å². The lowest BCUT2D eigenvalue weighted by molar-refractivity contribution is -0.121. The second-order valence-electron chi connectivity index (χ2n) is 4.40. The number of carbonyl (C=O) groups excluding carboxylic acids is 1. The van der Waals surface area contributed by atoms with Gasteiger partial charge in [-0.25, -0.2) is 0 Å². The Morgan fingerprint density at radius 1 is 1.12 bits per heavy atom. The van der Waals surface area contributed by atoms with Crippen LogP contribution in [0.3, 0.4) is 0 Å². The van der Waals surface area contributed by atoms with Gasteiger partial charge in [0.25, 0.3) is 0 Å². The number of unbranched alkanes of at least 4 members (excludes halogenated alkanes) is 2. The second kappa shape index (κ2) is 8.80. The first-order valence-electron chi connectivity index (χ1n) is 6.63. The largest absolute Gasteiger partial charge is 0.356 e. The van der Waals surface area contributed by atoms with Gasteiger partial charge in [-0.2, -0.15) is 0 Å². The molecule has 0 radical (unpaired) electrons. The van der Waals surface area contributed by atoms with Crippen LogP contribution in [0.4, 0.5) is 0 Å². The van der Waals surface area contributed by atoms with Crippen LogP contribution in [0, 0.1) is 0 Å². The van der Waals surface area contributed by atoms with Gasteiger partial charge in [-0.1, -0.05) is 50.1 Å². The molecule has 1 N–H and O–H groups in total. The van der Waals surface area contributed by atoms with Crippen molar-refractivity contribution in [3.63, 3.8) is 0 Å². The lowest BCUT2D eigenvalue weighted by Crippen LogP contribution is -2.24. The van der Waals surface area contributed by atoms with Crippen molar-refractivity contribution in [3.8, 4) is 0 Å². The molecule has 0 heterocycles. The minimum Gasteiger partial charge on any atom is -0.356 e. The van der Waals surface area contributed by atoms with Gasteiger partial charge >= 0.3 is 0 Å². The molecule has 1 aromatic carbocycles. The first-order valence-corrected chi connectivity index (χ1v) is 6.63. The summed E-state index contributed by atoms with van der Waals surface area (Å²) >= 11 is 0. The van der Waals surface area contributed by atoms with Crippen LogP contribution in [0.1, 0.15) is 44.6 Å². The SMILES string of the molecule is CCCCCNC(=O)CCCc1ccccc1. The molecule has 2 nitrogen and oxygen atoms in total. The predicted octanol–water partition coefficient (Wildman–Crippen LogP) is 3.32. The average Bonchev–Trinajstić information content (AvgIpc) is 2.36. The Bertz CT molecular complexity index is 308. The van der Waals surface area contributed by atoms with Crippen molar-refractivity contribution in [1.82, 2.24) is 5.32 Å². The summed E-state index contributed by atoms with van der Waals surface area (Å²) in [6.45, 7) is 3.00. The van der Waals surface area contributed by atoms with E-state index in [4.69, 9.17) is 0 Å². The van der Waals surface area contributed by atoms with Gasteiger partial charge in [0.05, 0.1) is 0 Å². The van der Waals surface area contributed by atoms with Gasteiger partial charge in [-0.05, 0) is 24.8 Å². The topological polar surface area (TPSA) is 29.1 Å². The molecule has 17 heavy (non-hydrogen) atoms. The third-order valence-corrected chi connectivity index (χ3v) is 2.81. The molecule has 1 aromatic rings. The third kappa shape index (κ3) is 6.77. The van der Waals surface area contributed by atoms with Crippen molar-refractivity contribution in [3.05, 3.63) is 35.9 Å². The van der Waals surface area contributed by atoms with E-state index >= 15 is 0 Å². The van der Waals surface area contributed by atoms with E-state index in [1.165, 1.54) is 18.4 Å². The van der Waals surface area contributed by atoms with Crippen molar-refractivity contribution >= 4 is 5.91 Å². The van der Waals surface area contributed by atoms with Crippen molar-refractivity contribution in [2.45, 2.75) is 45.4 Å². The Morgan fingerprint density at radius 3 is 2.59 bits per heavy atom. The Labute approximate surface area is 104 Å². The monoisotopic (exact) mass is 233 g/mol. The van der Waals surface area contributed by atoms with Crippen LogP contribution in [0.5, 0.6) is 0 Å². The summed E-state index contributed by atoms with van der Waals surface area (Å²) in [5.74, 6) is 0.192. The molecule has 0 atom stereocenters. The fraction of sp³-hybridized carbons (Fsp3) is 0.533. The maximum absolute atomic E-state index is 11.5. The highest BCUT2D eigenvalue weighted by Crippen LogP contribution is 2.04. The van der Waals surface area contributed by atoms with Crippen molar-refractivity contribution < 1.29 is 4.79 Å². The maximum Gasteiger partial charge on any atom is 0.220 e. The van der Waals surface area contributed by atoms with E-state index in [0.29, 0.717) is 6.42 Å². The molecule has 94 valence electrons. The highest BCUT2D eigenvalue weighted by Gasteiger charge is 2.00. The normalized spacial score (nSPS) is 10.2. The number of nitrogens with one attached hydrogen (secondary N) is 1. The Morgan fingerprint density at radius 2 is 1.88 bits per heavy atom. The Hall–Kier alpha value is -1.31. The van der Waals surface area contributed by atoms with Crippen molar-refractivity contribution in [2.75, 3.05) is 6.54 Å². The van der Waals surface area contributed by atoms with E-state index in [2.05, 4.69) is 24.4 Å². The van der Waals surface area contributed by atoms with Gasteiger partial charge in [0.15, 0.2) is 0 Å². The van der Waals surface area contributed by atoms with Crippen molar-refractivity contribution in [1.29, 1.82) is 0 Å². The molecule has 0 spiro atoms. The van der Waals surface area contributed by atoms with E-state index in [0.717, 1.165) is 25.8 Å². The first-order chi connectivity index (χ1) is 8.33. The van der Waals surface area contributed by atoms with Gasteiger partial charge in [0.1, 0.15) is 0 Å². The van der Waals surface area contributed by atoms with E-state index < -0.39 is 0 Å². The van der Waals surface area contributed by atoms with Gasteiger partial charge in [-0.3, -0.25) is 4.79 Å². The van der Waals surface area contributed by atoms with Gasteiger partial charge in [0, 0.05) is 13.0 Å². The molecule has 0 saturated carbocycles. The molecule has 2 heteroatoms. The molecule has 1 rings (SSSR count). The number of rotatable bonds is 8. The van der Waals surface area contributed by atoms with Gasteiger partial charge < -0.3 is 5.32 Å². The molecule has 0 saturated heterocycles. The minimum atomic E-state index is 0.192. The van der Waals surface area contributed by atoms with E-state index in [-0.39, 0.29) is 5.91 Å². The highest BCUT2D eigenvalue weighted by atomic mass is 16.1. The highest BCUT2D eigenvalue weighted by molar-refractivity contribution is 5.75. The zero-order valence-corrected chi connectivity index (χ0v) is 10.7. The number of carbonyl (C=O) groups is 1. The third-order valence-electron chi connectivity index (χ3n) is 2.81. The summed E-state index contributed by atoms with van der Waals surface area (Å²) in [4.78, 5) is 11.5. The summed E-state index contributed by atoms with van der Waals surface area (Å²) in [6.07, 6.45) is 6.06. The van der Waals surface area contributed by atoms with Crippen LogP contribution < -0.4 is 5.32 Å². The fourth-order valence-corrected chi connectivity index (χ4v) is 1.79. The molecule has 0 fully saturated rings. The fourth-order valence-electron chi connectivity index (χ4n) is 1.79. The molecule has 0 aromatic heterocycles. The molecule has 0 aliphatic carbocycles. The van der Waals surface area contributed by atoms with Crippen molar-refractivity contribution in [2.24, 2.45) is 0 Å². The number of benzene rings is 1. The zero-order valence-electron chi connectivity index (χ0n) is 10.7. The smallest absolute Gasteiger partial charge is 0.220 e. The van der Waals surface area contributed by atoms with Crippen LogP contribution in [0.15, 0.2) is 30.3 Å². The molecule has 0 bridgehead atoms. The lowest BCUT2D eigenvalue weighted by Gasteiger charge is -2.04. The Balaban J connectivity index is 2.04. The molecular weight excluding hydrogens is 210 g/mol. The zero-order chi connectivity index (χ0) is 12.3. The lowest BCUT2D eigenvalue weighted by atomic mass is 10.1. The number of hydrogen-bond acceptors (Lipinski definition) is 1. The minimum absolute atomic E-state index is 0.192. The summed E-state index contributed by atoms with van der Waals surface area (Å²) < 4.78 is 0. The van der Waals surface area contributed by atoms with Crippen LogP contribution in [-0.2, 0) is 11.2 Å². The Kier molecular flexibility index (Phi) is 7.12. The molecular formula is C15H23NO. The van der Waals surface area contributed by atoms with Crippen LogP contribution in [0.25, 0.3) is 0 Å². The average molecular weight is 233 g/mol. The number of aryl methyl sites for hydroxylation is 1. The van der Waals surface area contributed by atoms with Crippen LogP contribution in [-0.4, -0.2) is 12.5 Å². The maximum atomic E-state index is 11.5. The second-order valence-corrected chi connectivity index (χ2v) is 4.40. The van der Waals surface area contributed by atoms with E-state index in [1.807, 2.05) is 18.2 Å². The van der Waals surface area contributed by atoms with E-state index in [1.54, 1.807) is 0 Å². The molecule has 0 aliphatic rings. The number of amides is 1. The number of hydrogen-bond donors (Lipinski definition) is 1. The standard InChI is InChI=1S/C15H23NO/c1-2-3-7-13-16-15(17)12-8-11-14-9-5-4-6-10-14/h4-6,9-10H,2-3,7-8,11-13H2,1H3,(H,16,17). The summed E-state index contributed by atoms with van der Waals surface area (Å²) in [5, 5.41) is 2.96. The van der Waals surface area contributed by atoms with Crippen LogP contribution >= 0.6 is 0 Å².